The molecule has 2 aliphatic heterocycles. The van der Waals surface area contributed by atoms with Crippen molar-refractivity contribution in [3.8, 4) is 11.5 Å². The number of benzene rings is 3. The number of nitrogens with zero attached hydrogens (tertiary/aromatic N) is 1. The van der Waals surface area contributed by atoms with Gasteiger partial charge in [-0.1, -0.05) is 48.9 Å². The zero-order chi connectivity index (χ0) is 21.8. The quantitative estimate of drug-likeness (QED) is 0.453. The van der Waals surface area contributed by atoms with Crippen LogP contribution < -0.4 is 4.74 Å². The average molecular weight is 446 g/mol. The largest absolute Gasteiger partial charge is 0.508 e. The minimum Gasteiger partial charge on any atom is -0.508 e. The Bertz CT molecular complexity index is 1020. The summed E-state index contributed by atoms with van der Waals surface area (Å²) in [4.78, 5) is 3.92. The van der Waals surface area contributed by atoms with Crippen LogP contribution in [-0.2, 0) is 0 Å². The molecule has 2 atom stereocenters. The molecule has 2 unspecified atom stereocenters. The first-order valence-corrected chi connectivity index (χ1v) is 12.7. The maximum Gasteiger partial charge on any atom is 0.123 e. The molecule has 3 aromatic rings. The van der Waals surface area contributed by atoms with E-state index in [0.717, 1.165) is 17.1 Å². The molecule has 0 aliphatic carbocycles. The topological polar surface area (TPSA) is 32.7 Å². The van der Waals surface area contributed by atoms with Crippen LogP contribution in [-0.4, -0.2) is 42.0 Å². The van der Waals surface area contributed by atoms with Crippen molar-refractivity contribution in [3.63, 3.8) is 0 Å². The van der Waals surface area contributed by atoms with Crippen molar-refractivity contribution < 1.29 is 9.84 Å². The predicted octanol–water partition coefficient (Wildman–Crippen LogP) is 6.28. The summed E-state index contributed by atoms with van der Waals surface area (Å²) in [6.07, 6.45) is 4.09. The fourth-order valence-corrected chi connectivity index (χ4v) is 5.96. The number of hydrogen-bond donors (Lipinski definition) is 1. The van der Waals surface area contributed by atoms with Crippen molar-refractivity contribution in [2.24, 2.45) is 0 Å². The maximum atomic E-state index is 10.2. The first-order chi connectivity index (χ1) is 15.8. The van der Waals surface area contributed by atoms with E-state index in [-0.39, 0.29) is 17.6 Å². The monoisotopic (exact) mass is 445 g/mol. The fourth-order valence-electron chi connectivity index (χ4n) is 5.05. The van der Waals surface area contributed by atoms with Gasteiger partial charge in [0, 0.05) is 34.6 Å². The van der Waals surface area contributed by atoms with Gasteiger partial charge in [0.05, 0.1) is 6.61 Å². The van der Waals surface area contributed by atoms with E-state index >= 15 is 0 Å². The molecule has 0 bridgehead atoms. The second kappa shape index (κ2) is 10.0. The van der Waals surface area contributed by atoms with Crippen LogP contribution in [0.1, 0.15) is 47.8 Å². The lowest BCUT2D eigenvalue weighted by Gasteiger charge is -2.34. The van der Waals surface area contributed by atoms with Gasteiger partial charge in [0.25, 0.3) is 0 Å². The summed E-state index contributed by atoms with van der Waals surface area (Å²) >= 11 is 1.95. The fraction of sp³-hybridized carbons (Fsp3) is 0.357. The molecule has 0 radical (unpaired) electrons. The molecular weight excluding hydrogens is 414 g/mol. The predicted molar refractivity (Wildman–Crippen MR) is 132 cm³/mol. The molecule has 0 saturated carbocycles. The number of ether oxygens (including phenoxy) is 1. The molecule has 1 N–H and O–H groups in total. The Morgan fingerprint density at radius 1 is 0.875 bits per heavy atom. The van der Waals surface area contributed by atoms with E-state index in [4.69, 9.17) is 4.74 Å². The number of rotatable bonds is 6. The molecule has 3 aromatic carbocycles. The van der Waals surface area contributed by atoms with Crippen LogP contribution in [0.15, 0.2) is 77.7 Å². The van der Waals surface area contributed by atoms with E-state index in [0.29, 0.717) is 6.61 Å². The molecule has 2 aliphatic rings. The number of thioether (sulfide) groups is 1. The summed E-state index contributed by atoms with van der Waals surface area (Å²) in [7, 11) is 0. The second-order valence-corrected chi connectivity index (χ2v) is 10.0. The molecule has 3 nitrogen and oxygen atoms in total. The summed E-state index contributed by atoms with van der Waals surface area (Å²) in [6.45, 7) is 4.33. The van der Waals surface area contributed by atoms with Crippen LogP contribution in [0.3, 0.4) is 0 Å². The van der Waals surface area contributed by atoms with E-state index < -0.39 is 0 Å². The van der Waals surface area contributed by atoms with E-state index in [9.17, 15) is 5.11 Å². The SMILES string of the molecule is Oc1ccc2c(c1)C(c1ccc(SCCN3CCCCC3)cc1)C(c1ccccc1)CO2. The lowest BCUT2D eigenvalue weighted by atomic mass is 9.76. The third kappa shape index (κ3) is 4.82. The van der Waals surface area contributed by atoms with Gasteiger partial charge in [-0.15, -0.1) is 11.8 Å². The van der Waals surface area contributed by atoms with Crippen LogP contribution >= 0.6 is 11.8 Å². The number of likely N-dealkylation sites (tertiary alicyclic amines) is 1. The van der Waals surface area contributed by atoms with Crippen LogP contribution in [0.5, 0.6) is 11.5 Å². The molecule has 2 heterocycles. The lowest BCUT2D eigenvalue weighted by molar-refractivity contribution is 0.242. The molecule has 32 heavy (non-hydrogen) atoms. The third-order valence-electron chi connectivity index (χ3n) is 6.74. The highest BCUT2D eigenvalue weighted by Crippen LogP contribution is 2.47. The van der Waals surface area contributed by atoms with Gasteiger partial charge in [-0.2, -0.15) is 0 Å². The van der Waals surface area contributed by atoms with E-state index in [1.165, 1.54) is 54.9 Å². The van der Waals surface area contributed by atoms with Crippen LogP contribution in [0, 0.1) is 0 Å². The molecule has 0 spiro atoms. The van der Waals surface area contributed by atoms with Gasteiger partial charge in [0.2, 0.25) is 0 Å². The normalized spacial score (nSPS) is 21.0. The van der Waals surface area contributed by atoms with Crippen molar-refractivity contribution in [2.45, 2.75) is 36.0 Å². The first kappa shape index (κ1) is 21.4. The highest BCUT2D eigenvalue weighted by molar-refractivity contribution is 7.99. The molecule has 4 heteroatoms. The highest BCUT2D eigenvalue weighted by Gasteiger charge is 2.33. The number of piperidine rings is 1. The lowest BCUT2D eigenvalue weighted by Crippen LogP contribution is -2.31. The molecule has 0 aromatic heterocycles. The summed E-state index contributed by atoms with van der Waals surface area (Å²) in [5, 5.41) is 10.2. The Labute approximate surface area is 195 Å². The summed E-state index contributed by atoms with van der Waals surface area (Å²) in [5.74, 6) is 2.67. The Morgan fingerprint density at radius 3 is 2.44 bits per heavy atom. The van der Waals surface area contributed by atoms with Crippen molar-refractivity contribution in [3.05, 3.63) is 89.5 Å². The molecule has 0 amide bonds. The summed E-state index contributed by atoms with van der Waals surface area (Å²) < 4.78 is 6.11. The number of aromatic hydroxyl groups is 1. The first-order valence-electron chi connectivity index (χ1n) is 11.7. The van der Waals surface area contributed by atoms with Crippen molar-refractivity contribution >= 4 is 11.8 Å². The van der Waals surface area contributed by atoms with Gasteiger partial charge in [0.15, 0.2) is 0 Å². The minimum atomic E-state index is 0.153. The minimum absolute atomic E-state index is 0.153. The van der Waals surface area contributed by atoms with Crippen molar-refractivity contribution in [1.82, 2.24) is 4.90 Å². The number of fused-ring (bicyclic) bond motifs is 1. The van der Waals surface area contributed by atoms with Gasteiger partial charge in [-0.3, -0.25) is 0 Å². The molecule has 166 valence electrons. The van der Waals surface area contributed by atoms with Crippen LogP contribution in [0.2, 0.25) is 0 Å². The summed E-state index contributed by atoms with van der Waals surface area (Å²) in [6, 6.07) is 25.1. The Hall–Kier alpha value is -2.43. The Morgan fingerprint density at radius 2 is 1.66 bits per heavy atom. The van der Waals surface area contributed by atoms with E-state index in [1.807, 2.05) is 23.9 Å². The van der Waals surface area contributed by atoms with Gasteiger partial charge >= 0.3 is 0 Å². The number of phenolic OH excluding ortho intramolecular Hbond substituents is 1. The van der Waals surface area contributed by atoms with Gasteiger partial charge in [-0.25, -0.2) is 0 Å². The smallest absolute Gasteiger partial charge is 0.123 e. The Balaban J connectivity index is 1.36. The van der Waals surface area contributed by atoms with Crippen LogP contribution in [0.4, 0.5) is 0 Å². The van der Waals surface area contributed by atoms with Gasteiger partial charge < -0.3 is 14.7 Å². The number of hydrogen-bond acceptors (Lipinski definition) is 4. The van der Waals surface area contributed by atoms with Gasteiger partial charge in [0.1, 0.15) is 11.5 Å². The third-order valence-corrected chi connectivity index (χ3v) is 7.73. The average Bonchev–Trinajstić information content (AvgIpc) is 2.85. The Kier molecular flexibility index (Phi) is 6.70. The maximum absolute atomic E-state index is 10.2. The van der Waals surface area contributed by atoms with Crippen molar-refractivity contribution in [1.29, 1.82) is 0 Å². The van der Waals surface area contributed by atoms with E-state index in [2.05, 4.69) is 59.5 Å². The molecule has 1 saturated heterocycles. The zero-order valence-electron chi connectivity index (χ0n) is 18.5. The molecule has 5 rings (SSSR count). The molecular formula is C28H31NO2S. The highest BCUT2D eigenvalue weighted by atomic mass is 32.2. The standard InChI is InChI=1S/C28H31NO2S/c30-23-11-14-27-25(19-23)28(26(20-31-27)21-7-3-1-4-8-21)22-9-12-24(13-10-22)32-18-17-29-15-5-2-6-16-29/h1,3-4,7-14,19,26,28,30H,2,5-6,15-18,20H2. The van der Waals surface area contributed by atoms with Crippen LogP contribution in [0.25, 0.3) is 0 Å². The van der Waals surface area contributed by atoms with E-state index in [1.54, 1.807) is 6.07 Å². The zero-order valence-corrected chi connectivity index (χ0v) is 19.3. The molecule has 1 fully saturated rings. The second-order valence-electron chi connectivity index (χ2n) is 8.85. The van der Waals surface area contributed by atoms with Gasteiger partial charge in [-0.05, 0) is 67.4 Å². The summed E-state index contributed by atoms with van der Waals surface area (Å²) in [5.41, 5.74) is 3.61. The number of phenols is 1. The van der Waals surface area contributed by atoms with Crippen molar-refractivity contribution in [2.75, 3.05) is 32.0 Å².